The van der Waals surface area contributed by atoms with Gasteiger partial charge >= 0.3 is 0 Å². The van der Waals surface area contributed by atoms with Crippen molar-refractivity contribution in [2.45, 2.75) is 26.0 Å². The van der Waals surface area contributed by atoms with Gasteiger partial charge in [0.05, 0.1) is 6.20 Å². The summed E-state index contributed by atoms with van der Waals surface area (Å²) in [5.41, 5.74) is 6.73. The molecule has 2 N–H and O–H groups in total. The third-order valence-corrected chi connectivity index (χ3v) is 2.82. The maximum atomic E-state index is 6.16. The van der Waals surface area contributed by atoms with Gasteiger partial charge in [-0.1, -0.05) is 22.8 Å². The van der Waals surface area contributed by atoms with E-state index in [9.17, 15) is 0 Å². The maximum absolute atomic E-state index is 6.16. The SMILES string of the molecule is CC(N)Cc1c(Cl)cccc1OCc1ccno1. The second-order valence-electron chi connectivity index (χ2n) is 4.17. The van der Waals surface area contributed by atoms with Crippen molar-refractivity contribution in [3.05, 3.63) is 46.8 Å². The average molecular weight is 267 g/mol. The highest BCUT2D eigenvalue weighted by Gasteiger charge is 2.11. The van der Waals surface area contributed by atoms with Gasteiger partial charge in [-0.25, -0.2) is 0 Å². The van der Waals surface area contributed by atoms with E-state index in [0.29, 0.717) is 23.8 Å². The summed E-state index contributed by atoms with van der Waals surface area (Å²) in [6.45, 7) is 2.26. The van der Waals surface area contributed by atoms with Crippen molar-refractivity contribution in [2.75, 3.05) is 0 Å². The first-order valence-electron chi connectivity index (χ1n) is 5.72. The highest BCUT2D eigenvalue weighted by atomic mass is 35.5. The Bertz CT molecular complexity index is 498. The van der Waals surface area contributed by atoms with Gasteiger partial charge in [-0.3, -0.25) is 0 Å². The lowest BCUT2D eigenvalue weighted by molar-refractivity contribution is 0.247. The number of ether oxygens (including phenoxy) is 1. The Morgan fingerprint density at radius 1 is 1.44 bits per heavy atom. The fourth-order valence-corrected chi connectivity index (χ4v) is 1.90. The van der Waals surface area contributed by atoms with E-state index in [1.807, 2.05) is 25.1 Å². The minimum Gasteiger partial charge on any atom is -0.485 e. The van der Waals surface area contributed by atoms with Crippen LogP contribution in [0.3, 0.4) is 0 Å². The molecule has 0 spiro atoms. The first-order chi connectivity index (χ1) is 8.66. The number of halogens is 1. The van der Waals surface area contributed by atoms with Gasteiger partial charge < -0.3 is 15.0 Å². The van der Waals surface area contributed by atoms with E-state index in [2.05, 4.69) is 5.16 Å². The predicted molar refractivity (Wildman–Crippen MR) is 69.6 cm³/mol. The quantitative estimate of drug-likeness (QED) is 0.904. The molecule has 1 aromatic heterocycles. The van der Waals surface area contributed by atoms with Crippen LogP contribution >= 0.6 is 11.6 Å². The van der Waals surface area contributed by atoms with Gasteiger partial charge in [0, 0.05) is 22.7 Å². The van der Waals surface area contributed by atoms with E-state index in [1.165, 1.54) is 0 Å². The van der Waals surface area contributed by atoms with Gasteiger partial charge in [0.25, 0.3) is 0 Å². The number of hydrogen-bond donors (Lipinski definition) is 1. The highest BCUT2D eigenvalue weighted by molar-refractivity contribution is 6.31. The van der Waals surface area contributed by atoms with Gasteiger partial charge in [-0.15, -0.1) is 0 Å². The fourth-order valence-electron chi connectivity index (χ4n) is 1.66. The topological polar surface area (TPSA) is 61.3 Å². The lowest BCUT2D eigenvalue weighted by atomic mass is 10.1. The van der Waals surface area contributed by atoms with Crippen molar-refractivity contribution >= 4 is 11.6 Å². The zero-order valence-electron chi connectivity index (χ0n) is 10.1. The second-order valence-corrected chi connectivity index (χ2v) is 4.57. The molecule has 96 valence electrons. The molecule has 0 saturated heterocycles. The van der Waals surface area contributed by atoms with Crippen molar-refractivity contribution in [1.82, 2.24) is 5.16 Å². The normalized spacial score (nSPS) is 12.4. The van der Waals surface area contributed by atoms with Crippen LogP contribution in [0.5, 0.6) is 5.75 Å². The summed E-state index contributed by atoms with van der Waals surface area (Å²) in [5.74, 6) is 1.40. The van der Waals surface area contributed by atoms with Crippen LogP contribution in [-0.2, 0) is 13.0 Å². The Morgan fingerprint density at radius 3 is 2.94 bits per heavy atom. The van der Waals surface area contributed by atoms with Gasteiger partial charge in [0.2, 0.25) is 0 Å². The van der Waals surface area contributed by atoms with Crippen LogP contribution in [0.1, 0.15) is 18.2 Å². The van der Waals surface area contributed by atoms with Crippen LogP contribution in [0, 0.1) is 0 Å². The Labute approximate surface area is 111 Å². The number of nitrogens with zero attached hydrogens (tertiary/aromatic N) is 1. The van der Waals surface area contributed by atoms with Crippen molar-refractivity contribution in [2.24, 2.45) is 5.73 Å². The summed E-state index contributed by atoms with van der Waals surface area (Å²) in [6, 6.07) is 7.34. The molecule has 0 fully saturated rings. The molecule has 0 amide bonds. The summed E-state index contributed by atoms with van der Waals surface area (Å²) in [7, 11) is 0. The van der Waals surface area contributed by atoms with Gasteiger partial charge in [-0.2, -0.15) is 0 Å². The minimum atomic E-state index is 0.0255. The highest BCUT2D eigenvalue weighted by Crippen LogP contribution is 2.28. The molecule has 0 aliphatic carbocycles. The number of aromatic nitrogens is 1. The van der Waals surface area contributed by atoms with E-state index in [4.69, 9.17) is 26.6 Å². The number of rotatable bonds is 5. The molecule has 0 saturated carbocycles. The predicted octanol–water partition coefficient (Wildman–Crippen LogP) is 2.80. The van der Waals surface area contributed by atoms with Crippen molar-refractivity contribution in [1.29, 1.82) is 0 Å². The van der Waals surface area contributed by atoms with E-state index in [0.717, 1.165) is 11.3 Å². The fraction of sp³-hybridized carbons (Fsp3) is 0.308. The van der Waals surface area contributed by atoms with Gasteiger partial charge in [-0.05, 0) is 25.5 Å². The number of benzene rings is 1. The van der Waals surface area contributed by atoms with Gasteiger partial charge in [0.15, 0.2) is 5.76 Å². The van der Waals surface area contributed by atoms with E-state index < -0.39 is 0 Å². The Kier molecular flexibility index (Phi) is 4.23. The molecule has 1 atom stereocenters. The van der Waals surface area contributed by atoms with E-state index >= 15 is 0 Å². The van der Waals surface area contributed by atoms with Crippen LogP contribution in [0.4, 0.5) is 0 Å². The third-order valence-electron chi connectivity index (χ3n) is 2.46. The van der Waals surface area contributed by atoms with Crippen LogP contribution < -0.4 is 10.5 Å². The lowest BCUT2D eigenvalue weighted by Gasteiger charge is -2.13. The molecule has 18 heavy (non-hydrogen) atoms. The van der Waals surface area contributed by atoms with Crippen LogP contribution in [0.2, 0.25) is 5.02 Å². The largest absolute Gasteiger partial charge is 0.485 e. The molecular weight excluding hydrogens is 252 g/mol. The Balaban J connectivity index is 2.13. The van der Waals surface area contributed by atoms with Gasteiger partial charge in [0.1, 0.15) is 12.4 Å². The van der Waals surface area contributed by atoms with E-state index in [1.54, 1.807) is 12.3 Å². The molecule has 4 nitrogen and oxygen atoms in total. The first-order valence-corrected chi connectivity index (χ1v) is 6.10. The zero-order valence-corrected chi connectivity index (χ0v) is 10.9. The molecule has 5 heteroatoms. The second kappa shape index (κ2) is 5.89. The molecule has 1 aromatic carbocycles. The monoisotopic (exact) mass is 266 g/mol. The zero-order chi connectivity index (χ0) is 13.0. The standard InChI is InChI=1S/C13H15ClN2O2/c1-9(15)7-11-12(14)3-2-4-13(11)17-8-10-5-6-16-18-10/h2-6,9H,7-8,15H2,1H3. The molecule has 0 bridgehead atoms. The number of hydrogen-bond acceptors (Lipinski definition) is 4. The Hall–Kier alpha value is -1.52. The summed E-state index contributed by atoms with van der Waals surface area (Å²) >= 11 is 6.16. The molecular formula is C13H15ClN2O2. The van der Waals surface area contributed by atoms with Crippen molar-refractivity contribution < 1.29 is 9.26 Å². The summed E-state index contributed by atoms with van der Waals surface area (Å²) in [6.07, 6.45) is 2.25. The molecule has 0 aliphatic heterocycles. The van der Waals surface area contributed by atoms with Crippen LogP contribution in [0.25, 0.3) is 0 Å². The Morgan fingerprint density at radius 2 is 2.28 bits per heavy atom. The van der Waals surface area contributed by atoms with Crippen LogP contribution in [-0.4, -0.2) is 11.2 Å². The minimum absolute atomic E-state index is 0.0255. The summed E-state index contributed by atoms with van der Waals surface area (Å²) < 4.78 is 10.7. The van der Waals surface area contributed by atoms with E-state index in [-0.39, 0.29) is 6.04 Å². The molecule has 1 heterocycles. The lowest BCUT2D eigenvalue weighted by Crippen LogP contribution is -2.18. The van der Waals surface area contributed by atoms with Crippen LogP contribution in [0.15, 0.2) is 35.0 Å². The molecule has 2 rings (SSSR count). The third kappa shape index (κ3) is 3.24. The van der Waals surface area contributed by atoms with Crippen molar-refractivity contribution in [3.8, 4) is 5.75 Å². The van der Waals surface area contributed by atoms with Crippen molar-refractivity contribution in [3.63, 3.8) is 0 Å². The summed E-state index contributed by atoms with van der Waals surface area (Å²) in [5, 5.41) is 4.29. The molecule has 0 radical (unpaired) electrons. The number of nitrogens with two attached hydrogens (primary N) is 1. The maximum Gasteiger partial charge on any atom is 0.174 e. The molecule has 0 aliphatic rings. The smallest absolute Gasteiger partial charge is 0.174 e. The molecule has 1 unspecified atom stereocenters. The molecule has 2 aromatic rings. The summed E-state index contributed by atoms with van der Waals surface area (Å²) in [4.78, 5) is 0. The first kappa shape index (κ1) is 12.9. The average Bonchev–Trinajstić information content (AvgIpc) is 2.82.